The van der Waals surface area contributed by atoms with E-state index in [0.29, 0.717) is 0 Å². The first-order valence-electron chi connectivity index (χ1n) is 3.56. The minimum Gasteiger partial charge on any atom is -0.102 e. The maximum atomic E-state index is 6.03. The van der Waals surface area contributed by atoms with E-state index in [1.807, 2.05) is 18.2 Å². The van der Waals surface area contributed by atoms with Crippen molar-refractivity contribution >= 4 is 27.5 Å². The van der Waals surface area contributed by atoms with Gasteiger partial charge in [0.05, 0.1) is 5.02 Å². The molecule has 0 fully saturated rings. The van der Waals surface area contributed by atoms with E-state index in [4.69, 9.17) is 11.6 Å². The molecule has 0 spiro atoms. The highest BCUT2D eigenvalue weighted by molar-refractivity contribution is 9.10. The van der Waals surface area contributed by atoms with Crippen LogP contribution in [0, 0.1) is 6.92 Å². The molecule has 0 saturated heterocycles. The fraction of sp³-hybridized carbons (Fsp3) is 0.100. The lowest BCUT2D eigenvalue weighted by Gasteiger charge is -2.09. The quantitative estimate of drug-likeness (QED) is 0.684. The average molecular weight is 245 g/mol. The number of benzene rings is 1. The maximum absolute atomic E-state index is 6.03. The number of allylic oxidation sites excluding steroid dienone is 1. The van der Waals surface area contributed by atoms with Gasteiger partial charge in [0.1, 0.15) is 0 Å². The van der Waals surface area contributed by atoms with Crippen molar-refractivity contribution in [1.82, 2.24) is 0 Å². The Morgan fingerprint density at radius 2 is 2.17 bits per heavy atom. The van der Waals surface area contributed by atoms with Crippen LogP contribution >= 0.6 is 27.5 Å². The summed E-state index contributed by atoms with van der Waals surface area (Å²) in [7, 11) is 0. The monoisotopic (exact) mass is 243 g/mol. The Labute approximate surface area is 86.4 Å². The normalized spacial score (nSPS) is 12.6. The van der Waals surface area contributed by atoms with Gasteiger partial charge in [-0.3, -0.25) is 0 Å². The highest BCUT2D eigenvalue weighted by Gasteiger charge is 2.07. The third-order valence-corrected chi connectivity index (χ3v) is 2.98. The van der Waals surface area contributed by atoms with Gasteiger partial charge in [-0.15, -0.1) is 6.58 Å². The van der Waals surface area contributed by atoms with Gasteiger partial charge < -0.3 is 0 Å². The van der Waals surface area contributed by atoms with E-state index in [2.05, 4.69) is 29.4 Å². The number of hydrogen-bond donors (Lipinski definition) is 0. The summed E-state index contributed by atoms with van der Waals surface area (Å²) in [6, 6.07) is 5.79. The van der Waals surface area contributed by atoms with Crippen LogP contribution in [0.25, 0.3) is 0 Å². The smallest absolute Gasteiger partial charge is 0.0586 e. The second kappa shape index (κ2) is 4.11. The molecule has 2 heteroatoms. The molecule has 1 unspecified atom stereocenters. The summed E-state index contributed by atoms with van der Waals surface area (Å²) >= 11 is 9.38. The average Bonchev–Trinajstić information content (AvgIpc) is 2.08. The van der Waals surface area contributed by atoms with Crippen LogP contribution in [0.3, 0.4) is 0 Å². The van der Waals surface area contributed by atoms with Gasteiger partial charge in [0.25, 0.3) is 0 Å². The molecule has 0 heterocycles. The van der Waals surface area contributed by atoms with Crippen molar-refractivity contribution in [2.24, 2.45) is 0 Å². The lowest BCUT2D eigenvalue weighted by Crippen LogP contribution is -1.90. The minimum absolute atomic E-state index is 0.0509. The van der Waals surface area contributed by atoms with Crippen LogP contribution in [0.5, 0.6) is 0 Å². The molecule has 0 aliphatic rings. The van der Waals surface area contributed by atoms with E-state index >= 15 is 0 Å². The van der Waals surface area contributed by atoms with Gasteiger partial charge in [-0.05, 0) is 34.5 Å². The van der Waals surface area contributed by atoms with Gasteiger partial charge in [0.15, 0.2) is 0 Å². The SMILES string of the molecule is [CH2]C(C=C)c1cccc(Br)c1Cl. The molecule has 1 atom stereocenters. The second-order valence-electron chi connectivity index (χ2n) is 2.49. The van der Waals surface area contributed by atoms with Crippen LogP contribution in [0.2, 0.25) is 5.02 Å². The van der Waals surface area contributed by atoms with E-state index < -0.39 is 0 Å². The first kappa shape index (κ1) is 9.82. The Morgan fingerprint density at radius 1 is 1.50 bits per heavy atom. The Hall–Kier alpha value is -0.270. The molecular formula is C10H9BrCl. The number of halogens is 2. The second-order valence-corrected chi connectivity index (χ2v) is 3.72. The van der Waals surface area contributed by atoms with Crippen LogP contribution < -0.4 is 0 Å². The van der Waals surface area contributed by atoms with Gasteiger partial charge in [-0.2, -0.15) is 0 Å². The molecule has 0 N–H and O–H groups in total. The molecule has 1 rings (SSSR count). The first-order chi connectivity index (χ1) is 5.66. The van der Waals surface area contributed by atoms with Crippen LogP contribution in [0.15, 0.2) is 35.3 Å². The van der Waals surface area contributed by atoms with E-state index in [1.54, 1.807) is 6.08 Å². The van der Waals surface area contributed by atoms with Gasteiger partial charge in [0.2, 0.25) is 0 Å². The highest BCUT2D eigenvalue weighted by atomic mass is 79.9. The minimum atomic E-state index is 0.0509. The molecule has 0 saturated carbocycles. The maximum Gasteiger partial charge on any atom is 0.0586 e. The Balaban J connectivity index is 3.15. The molecule has 0 nitrogen and oxygen atoms in total. The van der Waals surface area contributed by atoms with E-state index in [-0.39, 0.29) is 5.92 Å². The molecule has 0 amide bonds. The van der Waals surface area contributed by atoms with Crippen molar-refractivity contribution in [2.45, 2.75) is 5.92 Å². The highest BCUT2D eigenvalue weighted by Crippen LogP contribution is 2.31. The van der Waals surface area contributed by atoms with Gasteiger partial charge in [-0.1, -0.05) is 29.8 Å². The molecule has 0 bridgehead atoms. The van der Waals surface area contributed by atoms with Crippen molar-refractivity contribution in [3.63, 3.8) is 0 Å². The van der Waals surface area contributed by atoms with Gasteiger partial charge in [-0.25, -0.2) is 0 Å². The predicted molar refractivity (Wildman–Crippen MR) is 57.4 cm³/mol. The molecule has 1 radical (unpaired) electrons. The zero-order valence-electron chi connectivity index (χ0n) is 6.56. The molecule has 1 aromatic rings. The molecule has 1 aromatic carbocycles. The Kier molecular flexibility index (Phi) is 3.36. The van der Waals surface area contributed by atoms with Crippen molar-refractivity contribution < 1.29 is 0 Å². The van der Waals surface area contributed by atoms with Crippen LogP contribution in [-0.2, 0) is 0 Å². The summed E-state index contributed by atoms with van der Waals surface area (Å²) < 4.78 is 0.900. The third-order valence-electron chi connectivity index (χ3n) is 1.67. The molecule has 0 aromatic heterocycles. The van der Waals surface area contributed by atoms with Crippen LogP contribution in [0.4, 0.5) is 0 Å². The summed E-state index contributed by atoms with van der Waals surface area (Å²) in [5, 5.41) is 0.720. The molecular weight excluding hydrogens is 235 g/mol. The summed E-state index contributed by atoms with van der Waals surface area (Å²) in [6.45, 7) is 7.58. The van der Waals surface area contributed by atoms with Crippen molar-refractivity contribution in [1.29, 1.82) is 0 Å². The number of hydrogen-bond acceptors (Lipinski definition) is 0. The zero-order chi connectivity index (χ0) is 9.14. The summed E-state index contributed by atoms with van der Waals surface area (Å²) in [4.78, 5) is 0. The molecule has 0 aliphatic heterocycles. The summed E-state index contributed by atoms with van der Waals surface area (Å²) in [6.07, 6.45) is 1.77. The van der Waals surface area contributed by atoms with Crippen molar-refractivity contribution in [3.8, 4) is 0 Å². The molecule has 63 valence electrons. The van der Waals surface area contributed by atoms with E-state index in [1.165, 1.54) is 0 Å². The van der Waals surface area contributed by atoms with Crippen LogP contribution in [-0.4, -0.2) is 0 Å². The topological polar surface area (TPSA) is 0 Å². The lowest BCUT2D eigenvalue weighted by molar-refractivity contribution is 1.08. The standard InChI is InChI=1S/C10H9BrCl/c1-3-7(2)8-5-4-6-9(11)10(8)12/h3-7H,1-2H2. The third kappa shape index (κ3) is 1.90. The van der Waals surface area contributed by atoms with Crippen LogP contribution in [0.1, 0.15) is 11.5 Å². The predicted octanol–water partition coefficient (Wildman–Crippen LogP) is 4.21. The van der Waals surface area contributed by atoms with Crippen molar-refractivity contribution in [2.75, 3.05) is 0 Å². The molecule has 12 heavy (non-hydrogen) atoms. The van der Waals surface area contributed by atoms with Gasteiger partial charge >= 0.3 is 0 Å². The number of rotatable bonds is 2. The zero-order valence-corrected chi connectivity index (χ0v) is 8.90. The first-order valence-corrected chi connectivity index (χ1v) is 4.73. The van der Waals surface area contributed by atoms with E-state index in [9.17, 15) is 0 Å². The summed E-state index contributed by atoms with van der Waals surface area (Å²) in [5.74, 6) is 0.0509. The lowest BCUT2D eigenvalue weighted by atomic mass is 10.0. The largest absolute Gasteiger partial charge is 0.102 e. The molecule has 0 aliphatic carbocycles. The van der Waals surface area contributed by atoms with E-state index in [0.717, 1.165) is 15.1 Å². The fourth-order valence-electron chi connectivity index (χ4n) is 0.934. The fourth-order valence-corrected chi connectivity index (χ4v) is 1.58. The Bertz CT molecular complexity index is 294. The Morgan fingerprint density at radius 3 is 2.75 bits per heavy atom. The van der Waals surface area contributed by atoms with Crippen molar-refractivity contribution in [3.05, 3.63) is 52.8 Å². The van der Waals surface area contributed by atoms with Gasteiger partial charge in [0, 0.05) is 10.4 Å². The summed E-state index contributed by atoms with van der Waals surface area (Å²) in [5.41, 5.74) is 1.00.